The monoisotopic (exact) mass is 387 g/mol. The van der Waals surface area contributed by atoms with E-state index in [2.05, 4.69) is 17.1 Å². The van der Waals surface area contributed by atoms with Gasteiger partial charge in [-0.15, -0.1) is 0 Å². The van der Waals surface area contributed by atoms with Crippen molar-refractivity contribution in [1.29, 1.82) is 0 Å². The lowest BCUT2D eigenvalue weighted by Gasteiger charge is -2.35. The summed E-state index contributed by atoms with van der Waals surface area (Å²) in [6.45, 7) is 2.37. The fourth-order valence-corrected chi connectivity index (χ4v) is 5.47. The number of carbonyl (C=O) groups excluding carboxylic acids is 2. The number of ether oxygens (including phenoxy) is 2. The minimum atomic E-state index is -0.790. The number of fused-ring (bicyclic) bond motifs is 8. The summed E-state index contributed by atoms with van der Waals surface area (Å²) in [5.41, 5.74) is 3.85. The molecule has 0 spiro atoms. The third-order valence-electron chi connectivity index (χ3n) is 6.76. The molecule has 0 aliphatic carbocycles. The van der Waals surface area contributed by atoms with Crippen LogP contribution in [0.2, 0.25) is 0 Å². The number of aryl methyl sites for hydroxylation is 1. The Balaban J connectivity index is 1.52. The Morgan fingerprint density at radius 3 is 2.72 bits per heavy atom. The summed E-state index contributed by atoms with van der Waals surface area (Å²) in [6, 6.07) is 15.1. The van der Waals surface area contributed by atoms with Crippen molar-refractivity contribution in [3.05, 3.63) is 71.3 Å². The van der Waals surface area contributed by atoms with E-state index in [1.165, 1.54) is 0 Å². The Morgan fingerprint density at radius 1 is 1.10 bits per heavy atom. The number of nitrogens with zero attached hydrogens (tertiary/aromatic N) is 1. The van der Waals surface area contributed by atoms with Crippen molar-refractivity contribution in [2.45, 2.75) is 31.4 Å². The van der Waals surface area contributed by atoms with E-state index < -0.39 is 12.3 Å². The van der Waals surface area contributed by atoms with Crippen LogP contribution in [-0.4, -0.2) is 42.7 Å². The predicted molar refractivity (Wildman–Crippen MR) is 108 cm³/mol. The maximum Gasteiger partial charge on any atom is 0.218 e. The van der Waals surface area contributed by atoms with Crippen LogP contribution in [0.15, 0.2) is 54.6 Å². The first-order chi connectivity index (χ1) is 14.1. The first-order valence-corrected chi connectivity index (χ1v) is 10.1. The van der Waals surface area contributed by atoms with Gasteiger partial charge in [0.2, 0.25) is 6.29 Å². The highest BCUT2D eigenvalue weighted by molar-refractivity contribution is 6.05. The maximum atomic E-state index is 13.8. The summed E-state index contributed by atoms with van der Waals surface area (Å²) in [5, 5.41) is 0. The topological polar surface area (TPSA) is 55.8 Å². The molecule has 146 valence electrons. The molecule has 2 aromatic carbocycles. The Hall–Kier alpha value is -2.76. The van der Waals surface area contributed by atoms with Crippen LogP contribution >= 0.6 is 0 Å². The molecule has 0 saturated carbocycles. The molecule has 0 N–H and O–H groups in total. The highest BCUT2D eigenvalue weighted by Gasteiger charge is 2.63. The van der Waals surface area contributed by atoms with Crippen molar-refractivity contribution in [3.8, 4) is 0 Å². The van der Waals surface area contributed by atoms with Crippen molar-refractivity contribution < 1.29 is 19.1 Å². The van der Waals surface area contributed by atoms with E-state index in [0.29, 0.717) is 12.2 Å². The van der Waals surface area contributed by atoms with Gasteiger partial charge in [-0.25, -0.2) is 0 Å². The zero-order valence-corrected chi connectivity index (χ0v) is 16.0. The van der Waals surface area contributed by atoms with E-state index in [1.54, 1.807) is 0 Å². The van der Waals surface area contributed by atoms with Crippen molar-refractivity contribution >= 4 is 23.3 Å². The number of benzene rings is 2. The molecular weight excluding hydrogens is 366 g/mol. The fraction of sp³-hybridized carbons (Fsp3) is 0.333. The Labute approximate surface area is 168 Å². The second kappa shape index (κ2) is 6.12. The molecule has 0 radical (unpaired) electrons. The van der Waals surface area contributed by atoms with Crippen LogP contribution < -0.4 is 4.90 Å². The van der Waals surface area contributed by atoms with Crippen LogP contribution in [0.4, 0.5) is 5.69 Å². The first kappa shape index (κ1) is 17.1. The minimum Gasteiger partial charge on any atom is -0.353 e. The van der Waals surface area contributed by atoms with E-state index in [1.807, 2.05) is 55.5 Å². The Kier molecular flexibility index (Phi) is 3.61. The van der Waals surface area contributed by atoms with Crippen molar-refractivity contribution in [3.63, 3.8) is 0 Å². The number of ketones is 2. The number of hydrogen-bond donors (Lipinski definition) is 0. The van der Waals surface area contributed by atoms with E-state index in [0.717, 1.165) is 16.8 Å². The lowest BCUT2D eigenvalue weighted by Crippen LogP contribution is -2.48. The predicted octanol–water partition coefficient (Wildman–Crippen LogP) is 3.02. The molecule has 0 unspecified atom stereocenters. The quantitative estimate of drug-likeness (QED) is 0.742. The van der Waals surface area contributed by atoms with Gasteiger partial charge in [-0.1, -0.05) is 60.2 Å². The summed E-state index contributed by atoms with van der Waals surface area (Å²) < 4.78 is 11.5. The molecule has 4 aliphatic rings. The van der Waals surface area contributed by atoms with Crippen molar-refractivity contribution in [1.82, 2.24) is 0 Å². The molecule has 0 amide bonds. The zero-order chi connectivity index (χ0) is 19.7. The summed E-state index contributed by atoms with van der Waals surface area (Å²) >= 11 is 0. The van der Waals surface area contributed by atoms with E-state index in [9.17, 15) is 9.59 Å². The van der Waals surface area contributed by atoms with Crippen LogP contribution in [0.5, 0.6) is 0 Å². The lowest BCUT2D eigenvalue weighted by molar-refractivity contribution is -0.163. The van der Waals surface area contributed by atoms with Gasteiger partial charge < -0.3 is 14.4 Å². The first-order valence-electron chi connectivity index (χ1n) is 10.1. The molecule has 0 aromatic heterocycles. The average molecular weight is 387 g/mol. The van der Waals surface area contributed by atoms with Gasteiger partial charge in [-0.3, -0.25) is 9.59 Å². The number of hydrogen-bond acceptors (Lipinski definition) is 5. The number of Topliss-reactive ketones (excluding diaryl/α,β-unsaturated/α-hetero) is 2. The molecule has 6 rings (SSSR count). The van der Waals surface area contributed by atoms with E-state index >= 15 is 0 Å². The van der Waals surface area contributed by atoms with Crippen LogP contribution in [-0.2, 0) is 14.3 Å². The molecule has 2 aromatic rings. The lowest BCUT2D eigenvalue weighted by atomic mass is 9.77. The Morgan fingerprint density at radius 2 is 1.90 bits per heavy atom. The Bertz CT molecular complexity index is 1040. The van der Waals surface area contributed by atoms with Gasteiger partial charge in [0, 0.05) is 17.2 Å². The summed E-state index contributed by atoms with van der Waals surface area (Å²) in [4.78, 5) is 29.1. The van der Waals surface area contributed by atoms with E-state index in [4.69, 9.17) is 9.47 Å². The highest BCUT2D eigenvalue weighted by atomic mass is 16.7. The smallest absolute Gasteiger partial charge is 0.218 e. The molecule has 5 heteroatoms. The van der Waals surface area contributed by atoms with Crippen molar-refractivity contribution in [2.75, 3.05) is 11.5 Å². The highest BCUT2D eigenvalue weighted by Crippen LogP contribution is 2.50. The third-order valence-corrected chi connectivity index (χ3v) is 6.76. The zero-order valence-electron chi connectivity index (χ0n) is 16.0. The van der Waals surface area contributed by atoms with Gasteiger partial charge in [-0.2, -0.15) is 0 Å². The minimum absolute atomic E-state index is 0.0364. The molecule has 29 heavy (non-hydrogen) atoms. The fourth-order valence-electron chi connectivity index (χ4n) is 5.47. The van der Waals surface area contributed by atoms with E-state index in [-0.39, 0.29) is 35.5 Å². The maximum absolute atomic E-state index is 13.8. The standard InChI is InChI=1S/C24H21NO4/c1-13-6-8-15(9-7-13)22(26)21-20-18-12-28-24(29-18)23(27)19(20)17-11-10-14-4-2-3-5-16(14)25(17)21/h2-11,17-21,24H,12H2,1H3/t17-,18-,19-,20-,21-,24+/m0/s1. The number of rotatable bonds is 2. The van der Waals surface area contributed by atoms with Crippen molar-refractivity contribution in [2.24, 2.45) is 11.8 Å². The van der Waals surface area contributed by atoms with Gasteiger partial charge in [0.1, 0.15) is 0 Å². The van der Waals surface area contributed by atoms with Crippen LogP contribution in [0.1, 0.15) is 21.5 Å². The van der Waals surface area contributed by atoms with Gasteiger partial charge in [0.15, 0.2) is 11.6 Å². The van der Waals surface area contributed by atoms with Crippen LogP contribution in [0.25, 0.3) is 6.08 Å². The average Bonchev–Trinajstić information content (AvgIpc) is 3.33. The molecule has 3 fully saturated rings. The summed E-state index contributed by atoms with van der Waals surface area (Å²) in [6.07, 6.45) is 3.11. The number of carbonyl (C=O) groups is 2. The summed E-state index contributed by atoms with van der Waals surface area (Å²) in [5.74, 6) is -0.530. The van der Waals surface area contributed by atoms with Gasteiger partial charge in [0.25, 0.3) is 0 Å². The number of anilines is 1. The molecular formula is C24H21NO4. The van der Waals surface area contributed by atoms with Gasteiger partial charge in [-0.05, 0) is 18.6 Å². The molecule has 6 atom stereocenters. The molecule has 5 nitrogen and oxygen atoms in total. The second-order valence-electron chi connectivity index (χ2n) is 8.34. The second-order valence-corrected chi connectivity index (χ2v) is 8.34. The molecule has 4 aliphatic heterocycles. The third kappa shape index (κ3) is 2.35. The van der Waals surface area contributed by atoms with Crippen LogP contribution in [0.3, 0.4) is 0 Å². The molecule has 4 heterocycles. The number of para-hydroxylation sites is 1. The van der Waals surface area contributed by atoms with Gasteiger partial charge in [0.05, 0.1) is 30.7 Å². The largest absolute Gasteiger partial charge is 0.353 e. The molecule has 3 saturated heterocycles. The summed E-state index contributed by atoms with van der Waals surface area (Å²) in [7, 11) is 0. The van der Waals surface area contributed by atoms with Crippen LogP contribution in [0, 0.1) is 18.8 Å². The molecule has 2 bridgehead atoms. The van der Waals surface area contributed by atoms with Gasteiger partial charge >= 0.3 is 0 Å². The SMILES string of the molecule is Cc1ccc(C(=O)[C@@H]2[C@@H]3[C@@H](C(=O)[C@@H]4OC[C@@H]3O4)[C@@H]3C=Cc4ccccc4N23)cc1. The normalized spacial score (nSPS) is 34.0.